The van der Waals surface area contributed by atoms with Crippen molar-refractivity contribution in [3.05, 3.63) is 34.6 Å². The molecule has 26 heavy (non-hydrogen) atoms. The Hall–Kier alpha value is -2.35. The molecular weight excluding hydrogens is 352 g/mol. The van der Waals surface area contributed by atoms with Crippen LogP contribution in [0.4, 0.5) is 4.79 Å². The third-order valence-corrected chi connectivity index (χ3v) is 4.96. The molecular formula is C18H24N4O3S. The Balaban J connectivity index is 2.37. The fraction of sp³-hybridized carbons (Fsp3) is 0.444. The van der Waals surface area contributed by atoms with Gasteiger partial charge in [0.05, 0.1) is 16.2 Å². The highest BCUT2D eigenvalue weighted by Gasteiger charge is 2.20. The number of nitrogens with zero attached hydrogens (tertiary/aromatic N) is 2. The van der Waals surface area contributed by atoms with Gasteiger partial charge in [-0.15, -0.1) is 0 Å². The number of carbonyl (C=O) groups excluding carboxylic acids is 2. The lowest BCUT2D eigenvalue weighted by Gasteiger charge is -2.16. The van der Waals surface area contributed by atoms with Gasteiger partial charge >= 0.3 is 6.03 Å². The molecule has 0 unspecified atom stereocenters. The summed E-state index contributed by atoms with van der Waals surface area (Å²) in [6.07, 6.45) is 0.826. The van der Waals surface area contributed by atoms with E-state index in [9.17, 15) is 14.4 Å². The minimum Gasteiger partial charge on any atom is -0.341 e. The smallest absolute Gasteiger partial charge is 0.321 e. The van der Waals surface area contributed by atoms with Crippen molar-refractivity contribution in [1.82, 2.24) is 20.2 Å². The number of thioether (sulfide) groups is 1. The lowest BCUT2D eigenvalue weighted by molar-refractivity contribution is -0.119. The topological polar surface area (TPSA) is 93.1 Å². The lowest BCUT2D eigenvalue weighted by atomic mass is 10.1. The van der Waals surface area contributed by atoms with Crippen LogP contribution >= 0.6 is 11.8 Å². The summed E-state index contributed by atoms with van der Waals surface area (Å²) >= 11 is 1.17. The number of aromatic nitrogens is 2. The second-order valence-electron chi connectivity index (χ2n) is 6.38. The van der Waals surface area contributed by atoms with Crippen LogP contribution < -0.4 is 16.2 Å². The van der Waals surface area contributed by atoms with E-state index < -0.39 is 17.2 Å². The first-order chi connectivity index (χ1) is 12.3. The maximum absolute atomic E-state index is 12.9. The van der Waals surface area contributed by atoms with E-state index in [1.807, 2.05) is 12.1 Å². The van der Waals surface area contributed by atoms with Gasteiger partial charge in [0.1, 0.15) is 0 Å². The predicted octanol–water partition coefficient (Wildman–Crippen LogP) is 2.38. The first-order valence-corrected chi connectivity index (χ1v) is 9.40. The molecule has 8 heteroatoms. The molecule has 0 saturated heterocycles. The quantitative estimate of drug-likeness (QED) is 0.596. The van der Waals surface area contributed by atoms with E-state index in [0.29, 0.717) is 28.5 Å². The van der Waals surface area contributed by atoms with E-state index >= 15 is 0 Å². The number of urea groups is 1. The zero-order valence-electron chi connectivity index (χ0n) is 15.4. The van der Waals surface area contributed by atoms with Gasteiger partial charge in [0.2, 0.25) is 5.91 Å². The first kappa shape index (κ1) is 20.0. The minimum atomic E-state index is -0.578. The molecule has 3 amide bonds. The number of benzene rings is 1. The van der Waals surface area contributed by atoms with Gasteiger partial charge in [0, 0.05) is 13.6 Å². The molecule has 2 rings (SSSR count). The van der Waals surface area contributed by atoms with Crippen molar-refractivity contribution >= 4 is 34.6 Å². The molecule has 0 saturated carbocycles. The van der Waals surface area contributed by atoms with E-state index in [-0.39, 0.29) is 5.56 Å². The van der Waals surface area contributed by atoms with Gasteiger partial charge in [-0.2, -0.15) is 0 Å². The largest absolute Gasteiger partial charge is 0.341 e. The first-order valence-electron chi connectivity index (χ1n) is 8.52. The highest BCUT2D eigenvalue weighted by Crippen LogP contribution is 2.23. The van der Waals surface area contributed by atoms with Crippen LogP contribution in [0.5, 0.6) is 0 Å². The van der Waals surface area contributed by atoms with Crippen LogP contribution in [0.25, 0.3) is 10.9 Å². The Morgan fingerprint density at radius 1 is 1.23 bits per heavy atom. The zero-order valence-corrected chi connectivity index (χ0v) is 16.2. The van der Waals surface area contributed by atoms with Gasteiger partial charge in [-0.3, -0.25) is 19.5 Å². The van der Waals surface area contributed by atoms with Crippen molar-refractivity contribution < 1.29 is 9.59 Å². The van der Waals surface area contributed by atoms with Crippen molar-refractivity contribution in [2.45, 2.75) is 44.1 Å². The molecule has 140 valence electrons. The second-order valence-corrected chi connectivity index (χ2v) is 7.69. The van der Waals surface area contributed by atoms with Crippen LogP contribution in [0.2, 0.25) is 0 Å². The monoisotopic (exact) mass is 376 g/mol. The molecule has 1 aromatic heterocycles. The standard InChI is InChI=1S/C18H24N4O3S/c1-11(2)9-10-22-16(24)13-7-5-6-8-14(13)20-18(22)26-12(3)15(23)21-17(25)19-4/h5-8,11-12H,9-10H2,1-4H3,(H2,19,21,23,25)/t12-/m1/s1. The van der Waals surface area contributed by atoms with Crippen molar-refractivity contribution in [2.75, 3.05) is 7.05 Å². The Labute approximate surface area is 156 Å². The van der Waals surface area contributed by atoms with Gasteiger partial charge < -0.3 is 5.32 Å². The summed E-state index contributed by atoms with van der Waals surface area (Å²) in [6, 6.07) is 6.61. The summed E-state index contributed by atoms with van der Waals surface area (Å²) in [5, 5.41) is 5.05. The number of fused-ring (bicyclic) bond motifs is 1. The van der Waals surface area contributed by atoms with Crippen molar-refractivity contribution in [2.24, 2.45) is 5.92 Å². The van der Waals surface area contributed by atoms with Gasteiger partial charge in [-0.25, -0.2) is 9.78 Å². The summed E-state index contributed by atoms with van der Waals surface area (Å²) in [6.45, 7) is 6.38. The number of hydrogen-bond acceptors (Lipinski definition) is 5. The van der Waals surface area contributed by atoms with E-state index in [0.717, 1.165) is 6.42 Å². The predicted molar refractivity (Wildman–Crippen MR) is 103 cm³/mol. The van der Waals surface area contributed by atoms with E-state index in [4.69, 9.17) is 0 Å². The summed E-state index contributed by atoms with van der Waals surface area (Å²) in [5.74, 6) is -0.00707. The molecule has 2 N–H and O–H groups in total. The number of imide groups is 1. The average Bonchev–Trinajstić information content (AvgIpc) is 2.61. The second kappa shape index (κ2) is 8.84. The Morgan fingerprint density at radius 2 is 1.92 bits per heavy atom. The molecule has 1 atom stereocenters. The Kier molecular flexibility index (Phi) is 6.79. The molecule has 0 aliphatic carbocycles. The summed E-state index contributed by atoms with van der Waals surface area (Å²) < 4.78 is 1.62. The van der Waals surface area contributed by atoms with Gasteiger partial charge in [-0.1, -0.05) is 37.7 Å². The van der Waals surface area contributed by atoms with Gasteiger partial charge in [0.15, 0.2) is 5.16 Å². The molecule has 1 aromatic carbocycles. The van der Waals surface area contributed by atoms with Gasteiger partial charge in [0.25, 0.3) is 5.56 Å². The van der Waals surface area contributed by atoms with Crippen molar-refractivity contribution in [1.29, 1.82) is 0 Å². The van der Waals surface area contributed by atoms with Gasteiger partial charge in [-0.05, 0) is 31.4 Å². The fourth-order valence-corrected chi connectivity index (χ4v) is 3.24. The van der Waals surface area contributed by atoms with Crippen LogP contribution in [-0.4, -0.2) is 33.8 Å². The highest BCUT2D eigenvalue weighted by molar-refractivity contribution is 8.00. The summed E-state index contributed by atoms with van der Waals surface area (Å²) in [5.41, 5.74) is 0.484. The molecule has 0 fully saturated rings. The van der Waals surface area contributed by atoms with Crippen molar-refractivity contribution in [3.8, 4) is 0 Å². The van der Waals surface area contributed by atoms with Crippen LogP contribution in [0.1, 0.15) is 27.2 Å². The number of amides is 3. The summed E-state index contributed by atoms with van der Waals surface area (Å²) in [4.78, 5) is 40.9. The molecule has 1 heterocycles. The third-order valence-electron chi connectivity index (χ3n) is 3.87. The molecule has 2 aromatic rings. The molecule has 0 aliphatic heterocycles. The molecule has 0 radical (unpaired) electrons. The van der Waals surface area contributed by atoms with Crippen molar-refractivity contribution in [3.63, 3.8) is 0 Å². The average molecular weight is 376 g/mol. The van der Waals surface area contributed by atoms with Crippen LogP contribution in [-0.2, 0) is 11.3 Å². The van der Waals surface area contributed by atoms with E-state index in [1.165, 1.54) is 18.8 Å². The molecule has 0 spiro atoms. The normalized spacial score (nSPS) is 12.2. The Morgan fingerprint density at radius 3 is 2.58 bits per heavy atom. The molecule has 0 aliphatic rings. The van der Waals surface area contributed by atoms with E-state index in [2.05, 4.69) is 29.5 Å². The highest BCUT2D eigenvalue weighted by atomic mass is 32.2. The minimum absolute atomic E-state index is 0.113. The number of nitrogens with one attached hydrogen (secondary N) is 2. The van der Waals surface area contributed by atoms with Crippen LogP contribution in [0.15, 0.2) is 34.2 Å². The molecule has 0 bridgehead atoms. The van der Waals surface area contributed by atoms with Crippen LogP contribution in [0.3, 0.4) is 0 Å². The number of para-hydroxylation sites is 1. The fourth-order valence-electron chi connectivity index (χ4n) is 2.31. The van der Waals surface area contributed by atoms with Crippen LogP contribution in [0, 0.1) is 5.92 Å². The molecule has 7 nitrogen and oxygen atoms in total. The SMILES string of the molecule is CNC(=O)NC(=O)[C@@H](C)Sc1nc2ccccc2c(=O)n1CCC(C)C. The maximum atomic E-state index is 12.9. The number of hydrogen-bond donors (Lipinski definition) is 2. The maximum Gasteiger partial charge on any atom is 0.321 e. The van der Waals surface area contributed by atoms with E-state index in [1.54, 1.807) is 23.6 Å². The number of carbonyl (C=O) groups is 2. The Bertz CT molecular complexity index is 863. The number of rotatable bonds is 6. The third kappa shape index (κ3) is 4.85. The summed E-state index contributed by atoms with van der Waals surface area (Å²) in [7, 11) is 1.44. The lowest BCUT2D eigenvalue weighted by Crippen LogP contribution is -2.41. The zero-order chi connectivity index (χ0) is 19.3.